The van der Waals surface area contributed by atoms with Gasteiger partial charge in [-0.25, -0.2) is 0 Å². The van der Waals surface area contributed by atoms with Gasteiger partial charge in [-0.3, -0.25) is 0 Å². The molecule has 2 aromatic rings. The second-order valence-electron chi connectivity index (χ2n) is 4.45. The van der Waals surface area contributed by atoms with E-state index in [0.29, 0.717) is 12.4 Å². The minimum atomic E-state index is 0.0556. The Bertz CT molecular complexity index is 737. The van der Waals surface area contributed by atoms with Gasteiger partial charge < -0.3 is 9.47 Å². The normalized spacial score (nSPS) is 9.23. The van der Waals surface area contributed by atoms with Gasteiger partial charge in [-0.05, 0) is 35.9 Å². The Hall–Kier alpha value is -3.24. The van der Waals surface area contributed by atoms with Crippen molar-refractivity contribution >= 4 is 6.08 Å². The number of hydrogen-bond acceptors (Lipinski definition) is 4. The van der Waals surface area contributed by atoms with Crippen molar-refractivity contribution in [2.24, 2.45) is 0 Å². The summed E-state index contributed by atoms with van der Waals surface area (Å²) in [7, 11) is 1.59. The van der Waals surface area contributed by atoms with Gasteiger partial charge in [-0.2, -0.15) is 10.5 Å². The van der Waals surface area contributed by atoms with Gasteiger partial charge in [-0.15, -0.1) is 0 Å². The molecule has 0 aliphatic rings. The van der Waals surface area contributed by atoms with Gasteiger partial charge in [0.25, 0.3) is 0 Å². The highest BCUT2D eigenvalue weighted by atomic mass is 16.5. The Balaban J connectivity index is 2.24. The summed E-state index contributed by atoms with van der Waals surface area (Å²) in [6.07, 6.45) is 1.53. The van der Waals surface area contributed by atoms with Gasteiger partial charge in [0.05, 0.1) is 7.11 Å². The summed E-state index contributed by atoms with van der Waals surface area (Å²) in [6.45, 7) is 0.337. The van der Waals surface area contributed by atoms with Gasteiger partial charge in [0, 0.05) is 5.56 Å². The van der Waals surface area contributed by atoms with Crippen LogP contribution >= 0.6 is 0 Å². The van der Waals surface area contributed by atoms with Crippen molar-refractivity contribution in [1.29, 1.82) is 10.5 Å². The molecule has 2 aromatic carbocycles. The van der Waals surface area contributed by atoms with Gasteiger partial charge in [0.2, 0.25) is 0 Å². The molecule has 0 bridgehead atoms. The van der Waals surface area contributed by atoms with Gasteiger partial charge >= 0.3 is 0 Å². The van der Waals surface area contributed by atoms with E-state index in [1.807, 2.05) is 48.5 Å². The topological polar surface area (TPSA) is 66.0 Å². The Kier molecular flexibility index (Phi) is 5.18. The molecule has 0 radical (unpaired) electrons. The summed E-state index contributed by atoms with van der Waals surface area (Å²) >= 11 is 0. The zero-order chi connectivity index (χ0) is 15.8. The van der Waals surface area contributed by atoms with Crippen LogP contribution in [0.5, 0.6) is 11.5 Å². The van der Waals surface area contributed by atoms with Gasteiger partial charge in [0.15, 0.2) is 0 Å². The highest BCUT2D eigenvalue weighted by molar-refractivity contribution is 5.63. The lowest BCUT2D eigenvalue weighted by atomic mass is 10.1. The monoisotopic (exact) mass is 290 g/mol. The Morgan fingerprint density at radius 2 is 1.82 bits per heavy atom. The fraction of sp³-hybridized carbons (Fsp3) is 0.111. The van der Waals surface area contributed by atoms with Crippen molar-refractivity contribution in [1.82, 2.24) is 0 Å². The molecule has 0 N–H and O–H groups in total. The zero-order valence-electron chi connectivity index (χ0n) is 12.1. The standard InChI is InChI=1S/C18H14N2O2/c1-21-18-8-7-14(9-15(11-19)12-20)10-16(18)13-22-17-5-3-2-4-6-17/h2-10H,13H2,1H3. The largest absolute Gasteiger partial charge is 0.496 e. The van der Waals surface area contributed by atoms with Crippen LogP contribution < -0.4 is 9.47 Å². The third-order valence-corrected chi connectivity index (χ3v) is 2.99. The zero-order valence-corrected chi connectivity index (χ0v) is 12.1. The van der Waals surface area contributed by atoms with Crippen molar-refractivity contribution in [3.8, 4) is 23.6 Å². The minimum absolute atomic E-state index is 0.0556. The molecule has 4 nitrogen and oxygen atoms in total. The van der Waals surface area contributed by atoms with Gasteiger partial charge in [0.1, 0.15) is 35.8 Å². The SMILES string of the molecule is COc1ccc(C=C(C#N)C#N)cc1COc1ccccc1. The van der Waals surface area contributed by atoms with E-state index in [0.717, 1.165) is 16.9 Å². The molecule has 0 unspecified atom stereocenters. The van der Waals surface area contributed by atoms with Crippen LogP contribution in [0.4, 0.5) is 0 Å². The van der Waals surface area contributed by atoms with E-state index in [1.165, 1.54) is 6.08 Å². The average Bonchev–Trinajstić information content (AvgIpc) is 2.58. The highest BCUT2D eigenvalue weighted by Crippen LogP contribution is 2.23. The maximum atomic E-state index is 8.82. The molecular formula is C18H14N2O2. The van der Waals surface area contributed by atoms with Crippen molar-refractivity contribution in [2.45, 2.75) is 6.61 Å². The molecular weight excluding hydrogens is 276 g/mol. The molecule has 0 atom stereocenters. The van der Waals surface area contributed by atoms with E-state index in [-0.39, 0.29) is 5.57 Å². The van der Waals surface area contributed by atoms with E-state index >= 15 is 0 Å². The second kappa shape index (κ2) is 7.52. The van der Waals surface area contributed by atoms with Crippen LogP contribution in [-0.4, -0.2) is 7.11 Å². The van der Waals surface area contributed by atoms with Crippen molar-refractivity contribution in [3.05, 3.63) is 65.2 Å². The first kappa shape index (κ1) is 15.2. The number of nitrogens with zero attached hydrogens (tertiary/aromatic N) is 2. The maximum absolute atomic E-state index is 8.82. The molecule has 0 saturated carbocycles. The maximum Gasteiger partial charge on any atom is 0.130 e. The fourth-order valence-electron chi connectivity index (χ4n) is 1.94. The molecule has 0 amide bonds. The van der Waals surface area contributed by atoms with E-state index in [9.17, 15) is 0 Å². The molecule has 108 valence electrons. The minimum Gasteiger partial charge on any atom is -0.496 e. The predicted molar refractivity (Wildman–Crippen MR) is 83.0 cm³/mol. The molecule has 0 saturated heterocycles. The van der Waals surface area contributed by atoms with Crippen molar-refractivity contribution in [3.63, 3.8) is 0 Å². The smallest absolute Gasteiger partial charge is 0.130 e. The third-order valence-electron chi connectivity index (χ3n) is 2.99. The Morgan fingerprint density at radius 3 is 2.45 bits per heavy atom. The average molecular weight is 290 g/mol. The Labute approximate surface area is 129 Å². The van der Waals surface area contributed by atoms with E-state index in [4.69, 9.17) is 20.0 Å². The number of allylic oxidation sites excluding steroid dienone is 1. The van der Waals surface area contributed by atoms with E-state index < -0.39 is 0 Å². The van der Waals surface area contributed by atoms with Crippen LogP contribution in [0.25, 0.3) is 6.08 Å². The first-order chi connectivity index (χ1) is 10.8. The molecule has 0 aromatic heterocycles. The number of benzene rings is 2. The number of rotatable bonds is 5. The quantitative estimate of drug-likeness (QED) is 0.787. The number of para-hydroxylation sites is 1. The first-order valence-electron chi connectivity index (χ1n) is 6.63. The lowest BCUT2D eigenvalue weighted by molar-refractivity contribution is 0.296. The fourth-order valence-corrected chi connectivity index (χ4v) is 1.94. The molecule has 22 heavy (non-hydrogen) atoms. The van der Waals surface area contributed by atoms with E-state index in [2.05, 4.69) is 0 Å². The third kappa shape index (κ3) is 3.88. The van der Waals surface area contributed by atoms with Crippen molar-refractivity contribution in [2.75, 3.05) is 7.11 Å². The van der Waals surface area contributed by atoms with Crippen LogP contribution in [-0.2, 0) is 6.61 Å². The van der Waals surface area contributed by atoms with Gasteiger partial charge in [-0.1, -0.05) is 24.3 Å². The van der Waals surface area contributed by atoms with Crippen molar-refractivity contribution < 1.29 is 9.47 Å². The number of nitriles is 2. The molecule has 0 heterocycles. The van der Waals surface area contributed by atoms with E-state index in [1.54, 1.807) is 19.2 Å². The second-order valence-corrected chi connectivity index (χ2v) is 4.45. The van der Waals surface area contributed by atoms with Crippen LogP contribution in [0.15, 0.2) is 54.1 Å². The summed E-state index contributed by atoms with van der Waals surface area (Å²) in [5, 5.41) is 17.6. The summed E-state index contributed by atoms with van der Waals surface area (Å²) in [6, 6.07) is 18.6. The molecule has 2 rings (SSSR count). The first-order valence-corrected chi connectivity index (χ1v) is 6.63. The van der Waals surface area contributed by atoms with Crippen LogP contribution in [0.2, 0.25) is 0 Å². The molecule has 0 aliphatic carbocycles. The van der Waals surface area contributed by atoms with Crippen LogP contribution in [0, 0.1) is 22.7 Å². The number of methoxy groups -OCH3 is 1. The summed E-state index contributed by atoms with van der Waals surface area (Å²) in [4.78, 5) is 0. The number of hydrogen-bond donors (Lipinski definition) is 0. The summed E-state index contributed by atoms with van der Waals surface area (Å²) < 4.78 is 11.0. The Morgan fingerprint density at radius 1 is 1.09 bits per heavy atom. The summed E-state index contributed by atoms with van der Waals surface area (Å²) in [5.74, 6) is 1.46. The molecule has 4 heteroatoms. The van der Waals surface area contributed by atoms with Crippen LogP contribution in [0.1, 0.15) is 11.1 Å². The highest BCUT2D eigenvalue weighted by Gasteiger charge is 2.06. The lowest BCUT2D eigenvalue weighted by Crippen LogP contribution is -1.99. The lowest BCUT2D eigenvalue weighted by Gasteiger charge is -2.11. The molecule has 0 fully saturated rings. The molecule has 0 aliphatic heterocycles. The summed E-state index contributed by atoms with van der Waals surface area (Å²) in [5.41, 5.74) is 1.65. The molecule has 0 spiro atoms. The van der Waals surface area contributed by atoms with Crippen LogP contribution in [0.3, 0.4) is 0 Å². The number of ether oxygens (including phenoxy) is 2. The predicted octanol–water partition coefficient (Wildman–Crippen LogP) is 3.70.